The van der Waals surface area contributed by atoms with Crippen LogP contribution in [0.15, 0.2) is 4.47 Å². The second-order valence-electron chi connectivity index (χ2n) is 5.46. The van der Waals surface area contributed by atoms with Crippen molar-refractivity contribution in [3.8, 4) is 0 Å². The summed E-state index contributed by atoms with van der Waals surface area (Å²) < 4.78 is 3.16. The summed E-state index contributed by atoms with van der Waals surface area (Å²) in [4.78, 5) is 0. The third-order valence-electron chi connectivity index (χ3n) is 3.73. The van der Waals surface area contributed by atoms with E-state index in [1.54, 1.807) is 0 Å². The van der Waals surface area contributed by atoms with Crippen LogP contribution in [0, 0.1) is 12.3 Å². The Kier molecular flexibility index (Phi) is 3.14. The van der Waals surface area contributed by atoms with Crippen LogP contribution in [0.25, 0.3) is 0 Å². The van der Waals surface area contributed by atoms with Crippen molar-refractivity contribution in [1.29, 1.82) is 0 Å². The van der Waals surface area contributed by atoms with Crippen molar-refractivity contribution in [2.45, 2.75) is 45.6 Å². The standard InChI is InChI=1S/C12H20BrN3/c1-8-11(13)10(16(3)15-8)7-12(2)5-4-9(14)6-12/h9H,4-7,14H2,1-3H3. The minimum absolute atomic E-state index is 0.349. The molecule has 0 saturated heterocycles. The molecule has 1 aliphatic rings. The van der Waals surface area contributed by atoms with Crippen LogP contribution in [0.4, 0.5) is 0 Å². The zero-order chi connectivity index (χ0) is 11.9. The molecule has 0 spiro atoms. The maximum absolute atomic E-state index is 6.01. The van der Waals surface area contributed by atoms with Crippen molar-refractivity contribution in [3.63, 3.8) is 0 Å². The molecule has 2 rings (SSSR count). The van der Waals surface area contributed by atoms with Gasteiger partial charge in [0, 0.05) is 13.1 Å². The molecule has 0 radical (unpaired) electrons. The van der Waals surface area contributed by atoms with Gasteiger partial charge in [-0.3, -0.25) is 4.68 Å². The Balaban J connectivity index is 2.21. The second-order valence-corrected chi connectivity index (χ2v) is 6.25. The summed E-state index contributed by atoms with van der Waals surface area (Å²) in [5, 5.41) is 4.44. The molecule has 1 aliphatic carbocycles. The Bertz CT molecular complexity index is 399. The molecule has 90 valence electrons. The summed E-state index contributed by atoms with van der Waals surface area (Å²) in [6.07, 6.45) is 4.58. The topological polar surface area (TPSA) is 43.8 Å². The van der Waals surface area contributed by atoms with Crippen LogP contribution in [-0.4, -0.2) is 15.8 Å². The predicted octanol–water partition coefficient (Wildman–Crippen LogP) is 2.55. The largest absolute Gasteiger partial charge is 0.328 e. The molecule has 2 N–H and O–H groups in total. The lowest BCUT2D eigenvalue weighted by atomic mass is 9.83. The van der Waals surface area contributed by atoms with Crippen LogP contribution in [0.1, 0.15) is 37.6 Å². The second kappa shape index (κ2) is 4.15. The molecule has 1 aromatic heterocycles. The van der Waals surface area contributed by atoms with E-state index in [-0.39, 0.29) is 0 Å². The lowest BCUT2D eigenvalue weighted by Gasteiger charge is -2.24. The van der Waals surface area contributed by atoms with E-state index in [0.29, 0.717) is 11.5 Å². The van der Waals surface area contributed by atoms with Crippen LogP contribution >= 0.6 is 15.9 Å². The van der Waals surface area contributed by atoms with Gasteiger partial charge in [-0.15, -0.1) is 0 Å². The van der Waals surface area contributed by atoms with Crippen molar-refractivity contribution in [3.05, 3.63) is 15.9 Å². The SMILES string of the molecule is Cc1nn(C)c(CC2(C)CCC(N)C2)c1Br. The molecule has 1 saturated carbocycles. The van der Waals surface area contributed by atoms with E-state index in [1.807, 2.05) is 18.7 Å². The lowest BCUT2D eigenvalue weighted by Crippen LogP contribution is -2.22. The summed E-state index contributed by atoms with van der Waals surface area (Å²) >= 11 is 3.63. The molecular formula is C12H20BrN3. The lowest BCUT2D eigenvalue weighted by molar-refractivity contribution is 0.320. The smallest absolute Gasteiger partial charge is 0.0738 e. The summed E-state index contributed by atoms with van der Waals surface area (Å²) in [5.74, 6) is 0. The molecule has 0 aromatic carbocycles. The normalized spacial score (nSPS) is 29.9. The summed E-state index contributed by atoms with van der Waals surface area (Å²) in [6.45, 7) is 4.38. The van der Waals surface area contributed by atoms with Gasteiger partial charge in [0.25, 0.3) is 0 Å². The van der Waals surface area contributed by atoms with Crippen LogP contribution in [0.5, 0.6) is 0 Å². The molecular weight excluding hydrogens is 266 g/mol. The van der Waals surface area contributed by atoms with Crippen LogP contribution < -0.4 is 5.73 Å². The molecule has 2 atom stereocenters. The van der Waals surface area contributed by atoms with E-state index in [1.165, 1.54) is 12.1 Å². The van der Waals surface area contributed by atoms with Gasteiger partial charge >= 0.3 is 0 Å². The molecule has 4 heteroatoms. The van der Waals surface area contributed by atoms with E-state index in [2.05, 4.69) is 28.0 Å². The van der Waals surface area contributed by atoms with Gasteiger partial charge in [0.2, 0.25) is 0 Å². The van der Waals surface area contributed by atoms with Gasteiger partial charge in [0.05, 0.1) is 15.9 Å². The highest BCUT2D eigenvalue weighted by atomic mass is 79.9. The summed E-state index contributed by atoms with van der Waals surface area (Å²) in [7, 11) is 2.02. The number of aromatic nitrogens is 2. The van der Waals surface area contributed by atoms with Gasteiger partial charge in [0.1, 0.15) is 0 Å². The van der Waals surface area contributed by atoms with E-state index in [9.17, 15) is 0 Å². The predicted molar refractivity (Wildman–Crippen MR) is 69.3 cm³/mol. The average molecular weight is 286 g/mol. The molecule has 1 aromatic rings. The van der Waals surface area contributed by atoms with E-state index >= 15 is 0 Å². The molecule has 0 bridgehead atoms. The molecule has 3 nitrogen and oxygen atoms in total. The van der Waals surface area contributed by atoms with E-state index in [4.69, 9.17) is 5.73 Å². The molecule has 1 heterocycles. The fourth-order valence-corrected chi connectivity index (χ4v) is 3.28. The minimum Gasteiger partial charge on any atom is -0.328 e. The number of hydrogen-bond acceptors (Lipinski definition) is 2. The summed E-state index contributed by atoms with van der Waals surface area (Å²) in [6, 6.07) is 0.387. The first-order valence-electron chi connectivity index (χ1n) is 5.85. The zero-order valence-electron chi connectivity index (χ0n) is 10.3. The number of aryl methyl sites for hydroxylation is 2. The van der Waals surface area contributed by atoms with Gasteiger partial charge in [-0.2, -0.15) is 5.10 Å². The van der Waals surface area contributed by atoms with Gasteiger partial charge in [-0.1, -0.05) is 6.92 Å². The van der Waals surface area contributed by atoms with Crippen molar-refractivity contribution in [1.82, 2.24) is 9.78 Å². The third-order valence-corrected chi connectivity index (χ3v) is 4.76. The van der Waals surface area contributed by atoms with Crippen LogP contribution in [0.3, 0.4) is 0 Å². The number of nitrogens with zero attached hydrogens (tertiary/aromatic N) is 2. The maximum Gasteiger partial charge on any atom is 0.0738 e. The Morgan fingerprint density at radius 2 is 2.31 bits per heavy atom. The van der Waals surface area contributed by atoms with Crippen molar-refractivity contribution < 1.29 is 0 Å². The highest BCUT2D eigenvalue weighted by Gasteiger charge is 2.34. The van der Waals surface area contributed by atoms with Gasteiger partial charge in [0.15, 0.2) is 0 Å². The monoisotopic (exact) mass is 285 g/mol. The summed E-state index contributed by atoms with van der Waals surface area (Å²) in [5.41, 5.74) is 8.73. The Labute approximate surface area is 106 Å². The number of hydrogen-bond donors (Lipinski definition) is 1. The first-order valence-corrected chi connectivity index (χ1v) is 6.64. The molecule has 0 aliphatic heterocycles. The Morgan fingerprint density at radius 1 is 1.62 bits per heavy atom. The number of rotatable bonds is 2. The maximum atomic E-state index is 6.01. The van der Waals surface area contributed by atoms with Gasteiger partial charge in [-0.05, 0) is 54.0 Å². The van der Waals surface area contributed by atoms with E-state index < -0.39 is 0 Å². The highest BCUT2D eigenvalue weighted by molar-refractivity contribution is 9.10. The molecule has 0 amide bonds. The number of halogens is 1. The Hall–Kier alpha value is -0.350. The van der Waals surface area contributed by atoms with Crippen molar-refractivity contribution in [2.24, 2.45) is 18.2 Å². The minimum atomic E-state index is 0.349. The molecule has 1 fully saturated rings. The third kappa shape index (κ3) is 2.18. The van der Waals surface area contributed by atoms with Crippen LogP contribution in [-0.2, 0) is 13.5 Å². The highest BCUT2D eigenvalue weighted by Crippen LogP contribution is 2.41. The van der Waals surface area contributed by atoms with Crippen molar-refractivity contribution in [2.75, 3.05) is 0 Å². The fraction of sp³-hybridized carbons (Fsp3) is 0.750. The molecule has 2 unspecified atom stereocenters. The van der Waals surface area contributed by atoms with E-state index in [0.717, 1.165) is 29.4 Å². The van der Waals surface area contributed by atoms with Crippen molar-refractivity contribution >= 4 is 15.9 Å². The quantitative estimate of drug-likeness (QED) is 0.908. The van der Waals surface area contributed by atoms with Crippen LogP contribution in [0.2, 0.25) is 0 Å². The first kappa shape index (κ1) is 12.1. The zero-order valence-corrected chi connectivity index (χ0v) is 11.8. The number of nitrogens with two attached hydrogens (primary N) is 1. The first-order chi connectivity index (χ1) is 7.41. The average Bonchev–Trinajstić information content (AvgIpc) is 2.63. The van der Waals surface area contributed by atoms with Gasteiger partial charge < -0.3 is 5.73 Å². The Morgan fingerprint density at radius 3 is 2.75 bits per heavy atom. The van der Waals surface area contributed by atoms with Gasteiger partial charge in [-0.25, -0.2) is 0 Å². The fourth-order valence-electron chi connectivity index (χ4n) is 2.81. The molecule has 16 heavy (non-hydrogen) atoms.